The summed E-state index contributed by atoms with van der Waals surface area (Å²) in [5.74, 6) is 0.322. The van der Waals surface area contributed by atoms with Crippen LogP contribution in [0.3, 0.4) is 0 Å². The minimum Gasteiger partial charge on any atom is -0.493 e. The Morgan fingerprint density at radius 2 is 1.91 bits per heavy atom. The summed E-state index contributed by atoms with van der Waals surface area (Å²) in [5, 5.41) is 7.23. The summed E-state index contributed by atoms with van der Waals surface area (Å²) in [6.07, 6.45) is -4.21. The molecule has 9 heteroatoms. The molecule has 0 radical (unpaired) electrons. The van der Waals surface area contributed by atoms with Gasteiger partial charge in [0, 0.05) is 24.2 Å². The van der Waals surface area contributed by atoms with Crippen molar-refractivity contribution in [2.75, 3.05) is 26.3 Å². The summed E-state index contributed by atoms with van der Waals surface area (Å²) >= 11 is 0. The molecule has 0 aliphatic carbocycles. The number of aromatic nitrogens is 2. The van der Waals surface area contributed by atoms with Gasteiger partial charge in [-0.25, -0.2) is 0 Å². The Bertz CT molecular complexity index is 1040. The van der Waals surface area contributed by atoms with E-state index in [0.29, 0.717) is 43.1 Å². The van der Waals surface area contributed by atoms with Crippen molar-refractivity contribution in [3.63, 3.8) is 0 Å². The first-order chi connectivity index (χ1) is 15.4. The molecule has 1 atom stereocenters. The molecule has 4 rings (SSSR count). The molecular weight excluding hydrogens is 423 g/mol. The summed E-state index contributed by atoms with van der Waals surface area (Å²) in [4.78, 5) is 14.5. The van der Waals surface area contributed by atoms with E-state index in [1.807, 2.05) is 24.3 Å². The lowest BCUT2D eigenvalue weighted by Gasteiger charge is -2.32. The smallest absolute Gasteiger partial charge is 0.416 e. The topological polar surface area (TPSA) is 67.5 Å². The fourth-order valence-electron chi connectivity index (χ4n) is 3.47. The zero-order chi connectivity index (χ0) is 22.6. The molecule has 32 heavy (non-hydrogen) atoms. The van der Waals surface area contributed by atoms with Crippen molar-refractivity contribution in [2.45, 2.75) is 18.7 Å². The van der Waals surface area contributed by atoms with E-state index < -0.39 is 11.7 Å². The first-order valence-corrected chi connectivity index (χ1v) is 10.2. The van der Waals surface area contributed by atoms with Gasteiger partial charge in [0.05, 0.1) is 31.0 Å². The van der Waals surface area contributed by atoms with Crippen molar-refractivity contribution < 1.29 is 27.4 Å². The SMILES string of the molecule is O=C(c1ccccc1)N1CCOC(c2cc(CCOc3ccc(C(F)(F)F)cc3)[nH]n2)C1. The molecule has 1 N–H and O–H groups in total. The number of hydrogen-bond donors (Lipinski definition) is 1. The van der Waals surface area contributed by atoms with E-state index in [9.17, 15) is 18.0 Å². The average molecular weight is 445 g/mol. The monoisotopic (exact) mass is 445 g/mol. The van der Waals surface area contributed by atoms with E-state index in [1.54, 1.807) is 17.0 Å². The lowest BCUT2D eigenvalue weighted by Crippen LogP contribution is -2.42. The number of hydrogen-bond acceptors (Lipinski definition) is 4. The number of nitrogens with zero attached hydrogens (tertiary/aromatic N) is 2. The van der Waals surface area contributed by atoms with E-state index in [1.165, 1.54) is 12.1 Å². The van der Waals surface area contributed by atoms with Crippen LogP contribution in [0.25, 0.3) is 0 Å². The number of amides is 1. The number of aromatic amines is 1. The van der Waals surface area contributed by atoms with Crippen molar-refractivity contribution in [3.8, 4) is 5.75 Å². The van der Waals surface area contributed by atoms with Gasteiger partial charge in [-0.05, 0) is 42.5 Å². The predicted octanol–water partition coefficient (Wildman–Crippen LogP) is 4.26. The van der Waals surface area contributed by atoms with Crippen LogP contribution < -0.4 is 4.74 Å². The molecule has 0 saturated carbocycles. The Morgan fingerprint density at radius 1 is 1.16 bits per heavy atom. The standard InChI is InChI=1S/C23H22F3N3O3/c24-23(25,26)17-6-8-19(9-7-17)31-12-10-18-14-20(28-27-18)21-15-29(11-13-32-21)22(30)16-4-2-1-3-5-16/h1-9,14,21H,10-13,15H2,(H,27,28). The molecular formula is C23H22F3N3O3. The summed E-state index contributed by atoms with van der Waals surface area (Å²) in [5.41, 5.74) is 1.42. The maximum absolute atomic E-state index is 12.7. The molecule has 168 valence electrons. The van der Waals surface area contributed by atoms with Gasteiger partial charge in [-0.1, -0.05) is 18.2 Å². The van der Waals surface area contributed by atoms with Crippen molar-refractivity contribution in [1.82, 2.24) is 15.1 Å². The number of halogens is 3. The molecule has 1 aliphatic rings. The third-order valence-corrected chi connectivity index (χ3v) is 5.18. The molecule has 1 saturated heterocycles. The van der Waals surface area contributed by atoms with Gasteiger partial charge in [-0.3, -0.25) is 9.89 Å². The summed E-state index contributed by atoms with van der Waals surface area (Å²) < 4.78 is 49.2. The van der Waals surface area contributed by atoms with Gasteiger partial charge in [0.25, 0.3) is 5.91 Å². The van der Waals surface area contributed by atoms with E-state index in [-0.39, 0.29) is 18.6 Å². The molecule has 3 aromatic rings. The highest BCUT2D eigenvalue weighted by atomic mass is 19.4. The number of ether oxygens (including phenoxy) is 2. The fourth-order valence-corrected chi connectivity index (χ4v) is 3.47. The third kappa shape index (κ3) is 5.28. The Balaban J connectivity index is 1.30. The number of morpholine rings is 1. The minimum atomic E-state index is -4.37. The van der Waals surface area contributed by atoms with Crippen LogP contribution in [0.2, 0.25) is 0 Å². The lowest BCUT2D eigenvalue weighted by molar-refractivity contribution is -0.137. The van der Waals surface area contributed by atoms with Crippen LogP contribution in [-0.2, 0) is 17.3 Å². The van der Waals surface area contributed by atoms with E-state index >= 15 is 0 Å². The van der Waals surface area contributed by atoms with Gasteiger partial charge in [0.2, 0.25) is 0 Å². The van der Waals surface area contributed by atoms with Crippen molar-refractivity contribution in [2.24, 2.45) is 0 Å². The Labute approximate surface area is 183 Å². The van der Waals surface area contributed by atoms with Crippen LogP contribution in [0.1, 0.15) is 33.4 Å². The van der Waals surface area contributed by atoms with Crippen LogP contribution in [0.5, 0.6) is 5.75 Å². The second-order valence-electron chi connectivity index (χ2n) is 7.42. The summed E-state index contributed by atoms with van der Waals surface area (Å²) in [6.45, 7) is 1.61. The summed E-state index contributed by atoms with van der Waals surface area (Å²) in [7, 11) is 0. The molecule has 2 aromatic carbocycles. The van der Waals surface area contributed by atoms with Crippen molar-refractivity contribution >= 4 is 5.91 Å². The van der Waals surface area contributed by atoms with Gasteiger partial charge >= 0.3 is 6.18 Å². The molecule has 0 spiro atoms. The van der Waals surface area contributed by atoms with Crippen molar-refractivity contribution in [1.29, 1.82) is 0 Å². The second-order valence-corrected chi connectivity index (χ2v) is 7.42. The minimum absolute atomic E-state index is 0.0420. The number of alkyl halides is 3. The molecule has 1 fully saturated rings. The molecule has 1 aliphatic heterocycles. The molecule has 1 amide bonds. The zero-order valence-electron chi connectivity index (χ0n) is 17.1. The number of carbonyl (C=O) groups excluding carboxylic acids is 1. The summed E-state index contributed by atoms with van der Waals surface area (Å²) in [6, 6.07) is 15.6. The Morgan fingerprint density at radius 3 is 2.62 bits per heavy atom. The van der Waals surface area contributed by atoms with E-state index in [2.05, 4.69) is 10.2 Å². The lowest BCUT2D eigenvalue weighted by atomic mass is 10.1. The highest BCUT2D eigenvalue weighted by Gasteiger charge is 2.30. The Hall–Kier alpha value is -3.33. The average Bonchev–Trinajstić information content (AvgIpc) is 3.28. The van der Waals surface area contributed by atoms with Crippen molar-refractivity contribution in [3.05, 3.63) is 83.2 Å². The number of H-pyrrole nitrogens is 1. The first kappa shape index (κ1) is 21.9. The molecule has 1 unspecified atom stereocenters. The molecule has 0 bridgehead atoms. The van der Waals surface area contributed by atoms with Crippen LogP contribution in [0.15, 0.2) is 60.7 Å². The van der Waals surface area contributed by atoms with E-state index in [0.717, 1.165) is 17.8 Å². The van der Waals surface area contributed by atoms with Gasteiger partial charge in [-0.15, -0.1) is 0 Å². The highest BCUT2D eigenvalue weighted by molar-refractivity contribution is 5.94. The van der Waals surface area contributed by atoms with Crippen LogP contribution in [-0.4, -0.2) is 47.3 Å². The number of rotatable bonds is 6. The van der Waals surface area contributed by atoms with Crippen LogP contribution in [0.4, 0.5) is 13.2 Å². The van der Waals surface area contributed by atoms with Crippen LogP contribution in [0, 0.1) is 0 Å². The maximum Gasteiger partial charge on any atom is 0.416 e. The number of nitrogens with one attached hydrogen (secondary N) is 1. The van der Waals surface area contributed by atoms with Gasteiger partial charge in [0.15, 0.2) is 0 Å². The molecule has 1 aromatic heterocycles. The van der Waals surface area contributed by atoms with E-state index in [4.69, 9.17) is 9.47 Å². The largest absolute Gasteiger partial charge is 0.493 e. The fraction of sp³-hybridized carbons (Fsp3) is 0.304. The van der Waals surface area contributed by atoms with Gasteiger partial charge < -0.3 is 14.4 Å². The number of benzene rings is 2. The van der Waals surface area contributed by atoms with Crippen LogP contribution >= 0.6 is 0 Å². The maximum atomic E-state index is 12.7. The quantitative estimate of drug-likeness (QED) is 0.616. The number of carbonyl (C=O) groups is 1. The zero-order valence-corrected chi connectivity index (χ0v) is 17.1. The molecule has 6 nitrogen and oxygen atoms in total. The third-order valence-electron chi connectivity index (χ3n) is 5.18. The Kier molecular flexibility index (Phi) is 6.45. The van der Waals surface area contributed by atoms with Gasteiger partial charge in [0.1, 0.15) is 11.9 Å². The second kappa shape index (κ2) is 9.44. The first-order valence-electron chi connectivity index (χ1n) is 10.2. The van der Waals surface area contributed by atoms with Gasteiger partial charge in [-0.2, -0.15) is 18.3 Å². The molecule has 2 heterocycles. The predicted molar refractivity (Wildman–Crippen MR) is 110 cm³/mol. The highest BCUT2D eigenvalue weighted by Crippen LogP contribution is 2.30. The normalized spacial score (nSPS) is 16.7.